The third-order valence-corrected chi connectivity index (χ3v) is 16.8. The summed E-state index contributed by atoms with van der Waals surface area (Å²) < 4.78 is 30.9. The second-order valence-electron chi connectivity index (χ2n) is 25.4. The van der Waals surface area contributed by atoms with E-state index in [1.807, 2.05) is 33.3 Å². The zero-order valence-corrected chi connectivity index (χ0v) is 57.5. The molecule has 0 radical (unpaired) electrons. The minimum Gasteiger partial charge on any atom is -0.456 e. The van der Waals surface area contributed by atoms with Crippen molar-refractivity contribution >= 4 is 19.7 Å². The first kappa shape index (κ1) is 82.2. The summed E-state index contributed by atoms with van der Waals surface area (Å²) in [5.74, 6) is -0.510. The summed E-state index contributed by atoms with van der Waals surface area (Å²) in [6.45, 7) is 6.98. The van der Waals surface area contributed by atoms with Gasteiger partial charge in [-0.2, -0.15) is 0 Å². The molecule has 0 aliphatic heterocycles. The zero-order chi connectivity index (χ0) is 62.1. The molecule has 2 N–H and O–H groups in total. The average molecular weight is 1210 g/mol. The van der Waals surface area contributed by atoms with Gasteiger partial charge < -0.3 is 19.4 Å². The van der Waals surface area contributed by atoms with Crippen LogP contribution in [0.1, 0.15) is 329 Å². The summed E-state index contributed by atoms with van der Waals surface area (Å²) in [7, 11) is 1.49. The molecule has 0 rings (SSSR count). The van der Waals surface area contributed by atoms with E-state index in [-0.39, 0.29) is 31.5 Å². The van der Waals surface area contributed by atoms with Crippen LogP contribution < -0.4 is 5.32 Å². The predicted octanol–water partition coefficient (Wildman–Crippen LogP) is 22.9. The number of ether oxygens (including phenoxy) is 1. The van der Waals surface area contributed by atoms with Crippen molar-refractivity contribution in [3.63, 3.8) is 0 Å². The van der Waals surface area contributed by atoms with Crippen LogP contribution in [-0.4, -0.2) is 74.3 Å². The molecule has 0 aromatic rings. The topological polar surface area (TPSA) is 111 Å². The number of phosphoric ester groups is 1. The van der Waals surface area contributed by atoms with E-state index in [1.54, 1.807) is 0 Å². The van der Waals surface area contributed by atoms with Crippen LogP contribution in [-0.2, 0) is 27.9 Å². The second kappa shape index (κ2) is 64.2. The average Bonchev–Trinajstić information content (AvgIpc) is 3.52. The molecule has 85 heavy (non-hydrogen) atoms. The minimum atomic E-state index is -4.46. The van der Waals surface area contributed by atoms with Gasteiger partial charge in [-0.25, -0.2) is 4.57 Å². The number of hydrogen-bond donors (Lipinski definition) is 2. The van der Waals surface area contributed by atoms with Crippen LogP contribution in [0, 0.1) is 0 Å². The Balaban J connectivity index is 5.14. The molecule has 0 aliphatic carbocycles. The molecule has 0 spiro atoms. The fourth-order valence-electron chi connectivity index (χ4n) is 10.2. The van der Waals surface area contributed by atoms with Gasteiger partial charge in [-0.15, -0.1) is 0 Å². The number of carbonyl (C=O) groups excluding carboxylic acids is 2. The summed E-state index contributed by atoms with van der Waals surface area (Å²) in [6, 6.07) is -0.859. The lowest BCUT2D eigenvalue weighted by Crippen LogP contribution is -2.47. The molecule has 3 atom stereocenters. The third-order valence-electron chi connectivity index (χ3n) is 15.8. The Morgan fingerprint density at radius 2 is 0.718 bits per heavy atom. The highest BCUT2D eigenvalue weighted by atomic mass is 31.2. The number of amides is 1. The standard InChI is InChI=1S/C75H137N2O7P/c1-7-10-13-16-19-22-25-28-30-32-34-36-38-40-42-44-46-49-52-55-58-61-64-67-74(78)76-72(71-83-85(80,81)82-70-69-77(4,5)6)73(66-63-60-57-54-51-48-27-24-21-18-15-12-9-3)84-75(79)68-65-62-59-56-53-50-47-45-43-41-39-37-35-33-31-29-26-23-20-17-14-11-8-2/h19-20,22-23,28-31,34,36,40,42,63,66,72-73H,7-18,21,24-27,32-33,35,37-39,41,43-62,64-65,67-71H2,1-6H3,(H-,76,78,80,81)/p+1/b22-19-,23-20-,30-28-,31-29-,36-34-,42-40-,66-63+. The fraction of sp³-hybridized carbons (Fsp3) is 0.787. The van der Waals surface area contributed by atoms with Crippen molar-refractivity contribution in [3.8, 4) is 0 Å². The molecule has 0 aromatic carbocycles. The molecule has 0 aromatic heterocycles. The van der Waals surface area contributed by atoms with Crippen molar-refractivity contribution in [1.29, 1.82) is 0 Å². The molecule has 1 amide bonds. The Morgan fingerprint density at radius 1 is 0.412 bits per heavy atom. The number of quaternary nitrogens is 1. The first-order chi connectivity index (χ1) is 41.4. The van der Waals surface area contributed by atoms with E-state index in [1.165, 1.54) is 199 Å². The number of rotatable bonds is 65. The van der Waals surface area contributed by atoms with Gasteiger partial charge in [0.25, 0.3) is 0 Å². The summed E-state index contributed by atoms with van der Waals surface area (Å²) in [5.41, 5.74) is 0. The Bertz CT molecular complexity index is 1730. The van der Waals surface area contributed by atoms with Crippen molar-refractivity contribution in [2.24, 2.45) is 0 Å². The molecule has 10 heteroatoms. The van der Waals surface area contributed by atoms with Crippen molar-refractivity contribution in [2.45, 2.75) is 341 Å². The number of unbranched alkanes of at least 4 members (excludes halogenated alkanes) is 37. The van der Waals surface area contributed by atoms with E-state index < -0.39 is 20.0 Å². The number of esters is 1. The first-order valence-corrected chi connectivity index (χ1v) is 37.4. The van der Waals surface area contributed by atoms with E-state index in [0.29, 0.717) is 17.4 Å². The van der Waals surface area contributed by atoms with Gasteiger partial charge in [-0.05, 0) is 109 Å². The molecule has 0 saturated carbocycles. The lowest BCUT2D eigenvalue weighted by Gasteiger charge is -2.27. The molecule has 0 aliphatic rings. The highest BCUT2D eigenvalue weighted by Gasteiger charge is 2.30. The first-order valence-electron chi connectivity index (χ1n) is 35.9. The number of phosphoric acid groups is 1. The predicted molar refractivity (Wildman–Crippen MR) is 369 cm³/mol. The van der Waals surface area contributed by atoms with Crippen LogP contribution in [0.2, 0.25) is 0 Å². The van der Waals surface area contributed by atoms with Gasteiger partial charge in [0.2, 0.25) is 5.91 Å². The summed E-state index contributed by atoms with van der Waals surface area (Å²) >= 11 is 0. The van der Waals surface area contributed by atoms with Gasteiger partial charge in [-0.1, -0.05) is 292 Å². The monoisotopic (exact) mass is 1210 g/mol. The van der Waals surface area contributed by atoms with Crippen LogP contribution in [0.15, 0.2) is 85.1 Å². The van der Waals surface area contributed by atoms with Crippen LogP contribution >= 0.6 is 7.82 Å². The van der Waals surface area contributed by atoms with Gasteiger partial charge in [0.05, 0.1) is 33.8 Å². The number of allylic oxidation sites excluding steroid dienone is 13. The Labute approximate surface area is 526 Å². The maximum Gasteiger partial charge on any atom is 0.472 e. The Hall–Kier alpha value is -2.81. The number of hydrogen-bond acceptors (Lipinski definition) is 6. The van der Waals surface area contributed by atoms with E-state index in [2.05, 4.69) is 99.0 Å². The highest BCUT2D eigenvalue weighted by Crippen LogP contribution is 2.43. The maximum atomic E-state index is 13.6. The molecule has 0 fully saturated rings. The SMILES string of the molecule is CCCCC/C=C\C/C=C\C/C=C\C/C=C\CCCCCCCCCC(=O)NC(COP(=O)(O)OCC[N+](C)(C)C)C(/C=C/CCCCCCCCCCCCC)OC(=O)CCCCCCCCCCCCCCC/C=C\C/C=C\CCCCC. The summed E-state index contributed by atoms with van der Waals surface area (Å²) in [6.07, 6.45) is 85.8. The quantitative estimate of drug-likeness (QED) is 0.0205. The molecule has 9 nitrogen and oxygen atoms in total. The van der Waals surface area contributed by atoms with Crippen LogP contribution in [0.4, 0.5) is 0 Å². The van der Waals surface area contributed by atoms with Crippen LogP contribution in [0.5, 0.6) is 0 Å². The zero-order valence-electron chi connectivity index (χ0n) is 56.6. The molecular formula is C75H138N2O7P+. The van der Waals surface area contributed by atoms with E-state index in [9.17, 15) is 19.0 Å². The third kappa shape index (κ3) is 65.5. The van der Waals surface area contributed by atoms with Gasteiger partial charge in [-0.3, -0.25) is 18.6 Å². The smallest absolute Gasteiger partial charge is 0.456 e. The minimum absolute atomic E-state index is 0.0355. The highest BCUT2D eigenvalue weighted by molar-refractivity contribution is 7.47. The van der Waals surface area contributed by atoms with Crippen molar-refractivity contribution < 1.29 is 37.3 Å². The van der Waals surface area contributed by atoms with Gasteiger partial charge >= 0.3 is 13.8 Å². The molecule has 3 unspecified atom stereocenters. The number of carbonyl (C=O) groups is 2. The van der Waals surface area contributed by atoms with Crippen molar-refractivity contribution in [3.05, 3.63) is 85.1 Å². The van der Waals surface area contributed by atoms with Gasteiger partial charge in [0, 0.05) is 12.8 Å². The van der Waals surface area contributed by atoms with E-state index in [0.717, 1.165) is 96.3 Å². The summed E-state index contributed by atoms with van der Waals surface area (Å²) in [4.78, 5) is 37.9. The van der Waals surface area contributed by atoms with E-state index >= 15 is 0 Å². The second-order valence-corrected chi connectivity index (χ2v) is 26.9. The van der Waals surface area contributed by atoms with Crippen LogP contribution in [0.3, 0.4) is 0 Å². The van der Waals surface area contributed by atoms with Gasteiger partial charge in [0.15, 0.2) is 0 Å². The summed E-state index contributed by atoms with van der Waals surface area (Å²) in [5, 5.41) is 3.07. The normalized spacial score (nSPS) is 14.0. The lowest BCUT2D eigenvalue weighted by molar-refractivity contribution is -0.870. The Morgan fingerprint density at radius 3 is 1.09 bits per heavy atom. The molecule has 0 heterocycles. The number of nitrogens with zero attached hydrogens (tertiary/aromatic N) is 1. The largest absolute Gasteiger partial charge is 0.472 e. The molecule has 0 bridgehead atoms. The fourth-order valence-corrected chi connectivity index (χ4v) is 11.0. The molecule has 494 valence electrons. The van der Waals surface area contributed by atoms with Crippen molar-refractivity contribution in [1.82, 2.24) is 5.32 Å². The molecular weight excluding hydrogens is 1070 g/mol. The van der Waals surface area contributed by atoms with E-state index in [4.69, 9.17) is 13.8 Å². The number of nitrogens with one attached hydrogen (secondary N) is 1. The Kier molecular flexibility index (Phi) is 62.1. The van der Waals surface area contributed by atoms with Crippen molar-refractivity contribution in [2.75, 3.05) is 40.9 Å². The van der Waals surface area contributed by atoms with Crippen LogP contribution in [0.25, 0.3) is 0 Å². The molecule has 0 saturated heterocycles. The van der Waals surface area contributed by atoms with Gasteiger partial charge in [0.1, 0.15) is 19.3 Å². The number of likely N-dealkylation sites (N-methyl/N-ethyl adjacent to an activating group) is 1. The lowest BCUT2D eigenvalue weighted by atomic mass is 10.0. The maximum absolute atomic E-state index is 13.6.